The lowest BCUT2D eigenvalue weighted by Gasteiger charge is -2.14. The molecule has 1 amide bonds. The van der Waals surface area contributed by atoms with Crippen molar-refractivity contribution in [2.75, 3.05) is 19.5 Å². The van der Waals surface area contributed by atoms with Crippen LogP contribution in [-0.2, 0) is 10.9 Å². The number of benzene rings is 2. The number of methoxy groups -OCH3 is 2. The fraction of sp³-hybridized carbons (Fsp3) is 0.182. The zero-order valence-corrected chi connectivity index (χ0v) is 17.7. The third-order valence-electron chi connectivity index (χ3n) is 4.62. The van der Waals surface area contributed by atoms with E-state index in [-0.39, 0.29) is 22.6 Å². The second-order valence-corrected chi connectivity index (χ2v) is 6.82. The number of halogens is 3. The van der Waals surface area contributed by atoms with Gasteiger partial charge in [-0.2, -0.15) is 18.3 Å². The van der Waals surface area contributed by atoms with Crippen molar-refractivity contribution >= 4 is 17.6 Å². The Morgan fingerprint density at radius 1 is 1.06 bits per heavy atom. The van der Waals surface area contributed by atoms with Gasteiger partial charge in [0, 0.05) is 11.8 Å². The minimum atomic E-state index is -4.58. The summed E-state index contributed by atoms with van der Waals surface area (Å²) in [6, 6.07) is 9.58. The van der Waals surface area contributed by atoms with Crippen LogP contribution in [0.5, 0.6) is 5.75 Å². The third-order valence-corrected chi connectivity index (χ3v) is 4.62. The minimum Gasteiger partial charge on any atom is -0.497 e. The van der Waals surface area contributed by atoms with Gasteiger partial charge in [-0.15, -0.1) is 0 Å². The maximum absolute atomic E-state index is 13.1. The highest BCUT2D eigenvalue weighted by Gasteiger charge is 2.30. The normalized spacial score (nSPS) is 11.1. The maximum atomic E-state index is 13.1. The van der Waals surface area contributed by atoms with Gasteiger partial charge in [-0.25, -0.2) is 9.48 Å². The van der Waals surface area contributed by atoms with E-state index < -0.39 is 34.7 Å². The Morgan fingerprint density at radius 2 is 1.79 bits per heavy atom. The van der Waals surface area contributed by atoms with Gasteiger partial charge in [0.25, 0.3) is 5.91 Å². The van der Waals surface area contributed by atoms with Gasteiger partial charge in [-0.3, -0.25) is 9.59 Å². The molecule has 0 unspecified atom stereocenters. The summed E-state index contributed by atoms with van der Waals surface area (Å²) < 4.78 is 50.1. The van der Waals surface area contributed by atoms with E-state index in [4.69, 9.17) is 9.47 Å². The minimum absolute atomic E-state index is 0.0103. The molecule has 0 aliphatic carbocycles. The maximum Gasteiger partial charge on any atom is 0.416 e. The Balaban J connectivity index is 2.03. The Labute approximate surface area is 185 Å². The lowest BCUT2D eigenvalue weighted by molar-refractivity contribution is -0.137. The first-order valence-corrected chi connectivity index (χ1v) is 9.41. The smallest absolute Gasteiger partial charge is 0.416 e. The number of aromatic nitrogens is 2. The predicted octanol–water partition coefficient (Wildman–Crippen LogP) is 3.61. The molecule has 3 rings (SSSR count). The first-order valence-electron chi connectivity index (χ1n) is 9.41. The van der Waals surface area contributed by atoms with Gasteiger partial charge in [0.15, 0.2) is 5.69 Å². The summed E-state index contributed by atoms with van der Waals surface area (Å²) in [5, 5.41) is 6.39. The molecule has 8 nitrogen and oxygen atoms in total. The Bertz CT molecular complexity index is 1280. The summed E-state index contributed by atoms with van der Waals surface area (Å²) in [6.07, 6.45) is -4.58. The summed E-state index contributed by atoms with van der Waals surface area (Å²) in [4.78, 5) is 37.3. The molecule has 0 aliphatic rings. The lowest BCUT2D eigenvalue weighted by atomic mass is 10.1. The molecule has 2 aromatic carbocycles. The van der Waals surface area contributed by atoms with Crippen LogP contribution in [0.4, 0.5) is 18.9 Å². The zero-order valence-electron chi connectivity index (χ0n) is 17.7. The number of hydrogen-bond acceptors (Lipinski definition) is 6. The number of anilines is 1. The van der Waals surface area contributed by atoms with Gasteiger partial charge in [-0.1, -0.05) is 6.07 Å². The fourth-order valence-electron chi connectivity index (χ4n) is 3.00. The largest absolute Gasteiger partial charge is 0.497 e. The number of rotatable bonds is 5. The van der Waals surface area contributed by atoms with Crippen LogP contribution < -0.4 is 15.5 Å². The molecule has 11 heteroatoms. The number of ether oxygens (including phenoxy) is 2. The molecular weight excluding hydrogens is 443 g/mol. The van der Waals surface area contributed by atoms with E-state index in [0.717, 1.165) is 30.0 Å². The molecule has 1 aromatic heterocycles. The molecule has 33 heavy (non-hydrogen) atoms. The van der Waals surface area contributed by atoms with Crippen molar-refractivity contribution in [2.24, 2.45) is 0 Å². The van der Waals surface area contributed by atoms with Gasteiger partial charge >= 0.3 is 12.1 Å². The molecule has 3 aromatic rings. The van der Waals surface area contributed by atoms with Gasteiger partial charge < -0.3 is 14.8 Å². The average molecular weight is 461 g/mol. The van der Waals surface area contributed by atoms with Crippen LogP contribution >= 0.6 is 0 Å². The van der Waals surface area contributed by atoms with Crippen LogP contribution in [-0.4, -0.2) is 35.9 Å². The molecule has 0 saturated heterocycles. The summed E-state index contributed by atoms with van der Waals surface area (Å²) in [5.74, 6) is -1.40. The van der Waals surface area contributed by atoms with Crippen molar-refractivity contribution in [1.82, 2.24) is 9.78 Å². The molecule has 0 aliphatic heterocycles. The molecule has 0 saturated carbocycles. The number of hydrogen-bond donors (Lipinski definition) is 1. The number of alkyl halides is 3. The van der Waals surface area contributed by atoms with Crippen LogP contribution in [0.1, 0.15) is 32.1 Å². The highest BCUT2D eigenvalue weighted by molar-refractivity contribution is 6.07. The second kappa shape index (κ2) is 9.15. The Kier molecular flexibility index (Phi) is 6.52. The van der Waals surface area contributed by atoms with Crippen molar-refractivity contribution in [2.45, 2.75) is 13.1 Å². The average Bonchev–Trinajstić information content (AvgIpc) is 2.78. The number of aryl methyl sites for hydroxylation is 1. The van der Waals surface area contributed by atoms with Gasteiger partial charge in [0.05, 0.1) is 36.7 Å². The Hall–Kier alpha value is -4.15. The summed E-state index contributed by atoms with van der Waals surface area (Å²) >= 11 is 0. The summed E-state index contributed by atoms with van der Waals surface area (Å²) in [5.41, 5.74) is -2.01. The number of nitrogens with one attached hydrogen (secondary N) is 1. The molecule has 0 spiro atoms. The summed E-state index contributed by atoms with van der Waals surface area (Å²) in [7, 11) is 2.55. The topological polar surface area (TPSA) is 99.5 Å². The second-order valence-electron chi connectivity index (χ2n) is 6.82. The van der Waals surface area contributed by atoms with Crippen LogP contribution in [0, 0.1) is 6.92 Å². The zero-order chi connectivity index (χ0) is 24.3. The molecule has 0 atom stereocenters. The first-order chi connectivity index (χ1) is 15.5. The molecule has 0 bridgehead atoms. The number of carbonyl (C=O) groups excluding carboxylic acids is 2. The summed E-state index contributed by atoms with van der Waals surface area (Å²) in [6.45, 7) is 1.47. The van der Waals surface area contributed by atoms with Gasteiger partial charge in [0.2, 0.25) is 5.43 Å². The monoisotopic (exact) mass is 461 g/mol. The van der Waals surface area contributed by atoms with Gasteiger partial charge in [-0.05, 0) is 43.3 Å². The van der Waals surface area contributed by atoms with E-state index in [2.05, 4.69) is 10.4 Å². The van der Waals surface area contributed by atoms with E-state index in [1.807, 2.05) is 0 Å². The molecule has 0 radical (unpaired) electrons. The Morgan fingerprint density at radius 3 is 2.42 bits per heavy atom. The molecule has 172 valence electrons. The van der Waals surface area contributed by atoms with Gasteiger partial charge in [0.1, 0.15) is 5.75 Å². The van der Waals surface area contributed by atoms with E-state index in [1.165, 1.54) is 44.4 Å². The lowest BCUT2D eigenvalue weighted by Crippen LogP contribution is -2.27. The van der Waals surface area contributed by atoms with Crippen LogP contribution in [0.2, 0.25) is 0 Å². The molecular formula is C22H18F3N3O5. The number of esters is 1. The third kappa shape index (κ3) is 5.03. The van der Waals surface area contributed by atoms with Crippen molar-refractivity contribution in [3.63, 3.8) is 0 Å². The number of nitrogens with zero attached hydrogens (tertiary/aromatic N) is 2. The standard InChI is InChI=1S/C22H18F3N3O5/c1-12-9-18(29)19(27-28(12)14-6-4-5-13(10-14)22(23,24)25)20(30)26-17-8-7-15(32-2)11-16(17)21(31)33-3/h4-11H,1-3H3,(H,26,30). The first kappa shape index (κ1) is 23.5. The highest BCUT2D eigenvalue weighted by Crippen LogP contribution is 2.30. The fourth-order valence-corrected chi connectivity index (χ4v) is 3.00. The van der Waals surface area contributed by atoms with Crippen LogP contribution in [0.25, 0.3) is 5.69 Å². The molecule has 1 N–H and O–H groups in total. The van der Waals surface area contributed by atoms with E-state index >= 15 is 0 Å². The van der Waals surface area contributed by atoms with Crippen molar-refractivity contribution < 1.29 is 32.2 Å². The SMILES string of the molecule is COC(=O)c1cc(OC)ccc1NC(=O)c1nn(-c2cccc(C(F)(F)F)c2)c(C)cc1=O. The van der Waals surface area contributed by atoms with E-state index in [1.54, 1.807) is 0 Å². The van der Waals surface area contributed by atoms with Crippen molar-refractivity contribution in [3.8, 4) is 11.4 Å². The highest BCUT2D eigenvalue weighted by atomic mass is 19.4. The van der Waals surface area contributed by atoms with E-state index in [0.29, 0.717) is 5.75 Å². The van der Waals surface area contributed by atoms with Crippen LogP contribution in [0.15, 0.2) is 53.3 Å². The van der Waals surface area contributed by atoms with Crippen molar-refractivity contribution in [3.05, 3.63) is 81.3 Å². The molecule has 0 fully saturated rings. The van der Waals surface area contributed by atoms with E-state index in [9.17, 15) is 27.6 Å². The number of carbonyl (C=O) groups is 2. The molecule has 1 heterocycles. The van der Waals surface area contributed by atoms with Crippen molar-refractivity contribution in [1.29, 1.82) is 0 Å². The quantitative estimate of drug-likeness (QED) is 0.583. The number of amides is 1. The predicted molar refractivity (Wildman–Crippen MR) is 112 cm³/mol. The van der Waals surface area contributed by atoms with Crippen LogP contribution in [0.3, 0.4) is 0 Å².